The molecule has 0 aliphatic carbocycles. The molecule has 0 radical (unpaired) electrons. The zero-order valence-corrected chi connectivity index (χ0v) is 13.4. The highest BCUT2D eigenvalue weighted by Gasteiger charge is 2.28. The van der Waals surface area contributed by atoms with Crippen molar-refractivity contribution in [3.63, 3.8) is 0 Å². The molecule has 122 valence electrons. The Labute approximate surface area is 130 Å². The number of likely N-dealkylation sites (N-methyl/N-ethyl adjacent to an activating group) is 1. The maximum atomic E-state index is 13.8. The lowest BCUT2D eigenvalue weighted by molar-refractivity contribution is -0.133. The Hall–Kier alpha value is -1.53. The van der Waals surface area contributed by atoms with E-state index in [0.29, 0.717) is 25.2 Å². The van der Waals surface area contributed by atoms with E-state index in [4.69, 9.17) is 0 Å². The predicted molar refractivity (Wildman–Crippen MR) is 81.3 cm³/mol. The molecule has 4 nitrogen and oxygen atoms in total. The van der Waals surface area contributed by atoms with Crippen LogP contribution in [0, 0.1) is 17.6 Å². The number of benzene rings is 1. The van der Waals surface area contributed by atoms with E-state index in [2.05, 4.69) is 4.90 Å². The summed E-state index contributed by atoms with van der Waals surface area (Å²) in [6.45, 7) is 3.07. The number of amides is 1. The van der Waals surface area contributed by atoms with Gasteiger partial charge in [0.2, 0.25) is 5.91 Å². The topological polar surface area (TPSA) is 26.8 Å². The largest absolute Gasteiger partial charge is 0.348 e. The number of nitrogens with zero attached hydrogens (tertiary/aromatic N) is 3. The molecule has 2 rings (SSSR count). The van der Waals surface area contributed by atoms with Crippen molar-refractivity contribution < 1.29 is 13.6 Å². The molecule has 1 unspecified atom stereocenters. The zero-order valence-electron chi connectivity index (χ0n) is 13.4. The summed E-state index contributed by atoms with van der Waals surface area (Å²) in [6, 6.07) is 3.50. The Morgan fingerprint density at radius 3 is 2.68 bits per heavy atom. The van der Waals surface area contributed by atoms with Gasteiger partial charge in [-0.15, -0.1) is 0 Å². The Morgan fingerprint density at radius 1 is 1.27 bits per heavy atom. The van der Waals surface area contributed by atoms with E-state index in [1.165, 1.54) is 6.07 Å². The van der Waals surface area contributed by atoms with E-state index in [1.54, 1.807) is 19.0 Å². The van der Waals surface area contributed by atoms with Gasteiger partial charge in [-0.2, -0.15) is 0 Å². The minimum Gasteiger partial charge on any atom is -0.348 e. The van der Waals surface area contributed by atoms with Crippen molar-refractivity contribution in [2.45, 2.75) is 6.54 Å². The zero-order chi connectivity index (χ0) is 16.3. The summed E-state index contributed by atoms with van der Waals surface area (Å²) in [4.78, 5) is 18.0. The predicted octanol–water partition coefficient (Wildman–Crippen LogP) is 1.42. The van der Waals surface area contributed by atoms with Crippen LogP contribution in [0.15, 0.2) is 18.2 Å². The number of carbonyl (C=O) groups excluding carboxylic acids is 1. The van der Waals surface area contributed by atoms with E-state index in [9.17, 15) is 13.6 Å². The number of rotatable bonds is 3. The van der Waals surface area contributed by atoms with Gasteiger partial charge in [-0.05, 0) is 25.2 Å². The third-order valence-electron chi connectivity index (χ3n) is 4.00. The smallest absolute Gasteiger partial charge is 0.227 e. The molecule has 1 aromatic carbocycles. The first-order chi connectivity index (χ1) is 10.4. The molecule has 0 spiro atoms. The van der Waals surface area contributed by atoms with Crippen LogP contribution in [0.5, 0.6) is 0 Å². The summed E-state index contributed by atoms with van der Waals surface area (Å²) in [7, 11) is 5.45. The molecule has 0 N–H and O–H groups in total. The molecule has 0 saturated carbocycles. The fourth-order valence-electron chi connectivity index (χ4n) is 2.81. The summed E-state index contributed by atoms with van der Waals surface area (Å²) in [6.07, 6.45) is 0. The highest BCUT2D eigenvalue weighted by molar-refractivity contribution is 5.78. The highest BCUT2D eigenvalue weighted by atomic mass is 19.1. The lowest BCUT2D eigenvalue weighted by Crippen LogP contribution is -2.40. The molecule has 0 bridgehead atoms. The van der Waals surface area contributed by atoms with Gasteiger partial charge in [0, 0.05) is 52.4 Å². The van der Waals surface area contributed by atoms with Crippen molar-refractivity contribution in [2.24, 2.45) is 5.92 Å². The average molecular weight is 311 g/mol. The molecule has 1 atom stereocenters. The number of hydrogen-bond donors (Lipinski definition) is 0. The molecule has 1 heterocycles. The normalized spacial score (nSPS) is 20.7. The molecule has 22 heavy (non-hydrogen) atoms. The van der Waals surface area contributed by atoms with Crippen molar-refractivity contribution in [1.29, 1.82) is 0 Å². The maximum absolute atomic E-state index is 13.8. The molecule has 6 heteroatoms. The summed E-state index contributed by atoms with van der Waals surface area (Å²) < 4.78 is 27.1. The first-order valence-electron chi connectivity index (χ1n) is 7.43. The van der Waals surface area contributed by atoms with Gasteiger partial charge < -0.3 is 9.80 Å². The highest BCUT2D eigenvalue weighted by Crippen LogP contribution is 2.16. The van der Waals surface area contributed by atoms with Gasteiger partial charge in [-0.3, -0.25) is 9.69 Å². The second-order valence-corrected chi connectivity index (χ2v) is 6.16. The summed E-state index contributed by atoms with van der Waals surface area (Å²) in [5.74, 6) is -0.934. The van der Waals surface area contributed by atoms with Crippen LogP contribution in [0.2, 0.25) is 0 Å². The van der Waals surface area contributed by atoms with Gasteiger partial charge >= 0.3 is 0 Å². The van der Waals surface area contributed by atoms with Gasteiger partial charge in [0.05, 0.1) is 5.92 Å². The third-order valence-corrected chi connectivity index (χ3v) is 4.00. The number of hydrogen-bond acceptors (Lipinski definition) is 3. The van der Waals surface area contributed by atoms with Gasteiger partial charge in [0.25, 0.3) is 0 Å². The first kappa shape index (κ1) is 16.8. The molecule has 1 aliphatic rings. The average Bonchev–Trinajstić information content (AvgIpc) is 2.64. The lowest BCUT2D eigenvalue weighted by Gasteiger charge is -2.25. The fraction of sp³-hybridized carbons (Fsp3) is 0.562. The molecular formula is C16H23F2N3O. The third kappa shape index (κ3) is 4.24. The second-order valence-electron chi connectivity index (χ2n) is 6.16. The van der Waals surface area contributed by atoms with Crippen LogP contribution in [0.1, 0.15) is 5.56 Å². The van der Waals surface area contributed by atoms with Crippen LogP contribution in [0.25, 0.3) is 0 Å². The quantitative estimate of drug-likeness (QED) is 0.845. The van der Waals surface area contributed by atoms with E-state index in [-0.39, 0.29) is 11.8 Å². The standard InChI is InChI=1S/C16H23F2N3O/c1-19(2)16(22)13-9-20(3)6-7-21(11-13)10-12-8-14(17)4-5-15(12)18/h4-5,8,13H,6-7,9-11H2,1-3H3. The molecule has 1 saturated heterocycles. The van der Waals surface area contributed by atoms with Crippen LogP contribution in [-0.2, 0) is 11.3 Å². The Bertz CT molecular complexity index is 536. The molecular weight excluding hydrogens is 288 g/mol. The van der Waals surface area contributed by atoms with Crippen LogP contribution in [-0.4, -0.2) is 67.9 Å². The summed E-state index contributed by atoms with van der Waals surface area (Å²) in [5.41, 5.74) is 0.334. The number of carbonyl (C=O) groups is 1. The minimum absolute atomic E-state index is 0.0680. The van der Waals surface area contributed by atoms with E-state index in [0.717, 1.165) is 25.2 Å². The molecule has 1 amide bonds. The Morgan fingerprint density at radius 2 is 2.00 bits per heavy atom. The van der Waals surface area contributed by atoms with E-state index >= 15 is 0 Å². The second kappa shape index (κ2) is 7.15. The van der Waals surface area contributed by atoms with E-state index in [1.807, 2.05) is 11.9 Å². The first-order valence-corrected chi connectivity index (χ1v) is 7.43. The fourth-order valence-corrected chi connectivity index (χ4v) is 2.81. The Balaban J connectivity index is 2.12. The Kier molecular flexibility index (Phi) is 5.47. The van der Waals surface area contributed by atoms with Crippen LogP contribution >= 0.6 is 0 Å². The van der Waals surface area contributed by atoms with Gasteiger partial charge in [0.15, 0.2) is 0 Å². The van der Waals surface area contributed by atoms with E-state index < -0.39 is 11.6 Å². The molecule has 0 aromatic heterocycles. The van der Waals surface area contributed by atoms with Crippen molar-refractivity contribution in [2.75, 3.05) is 47.3 Å². The van der Waals surface area contributed by atoms with Crippen molar-refractivity contribution >= 4 is 5.91 Å². The molecule has 1 aromatic rings. The van der Waals surface area contributed by atoms with Gasteiger partial charge in [-0.25, -0.2) is 8.78 Å². The van der Waals surface area contributed by atoms with Crippen LogP contribution in [0.4, 0.5) is 8.78 Å². The van der Waals surface area contributed by atoms with Gasteiger partial charge in [-0.1, -0.05) is 0 Å². The molecule has 1 fully saturated rings. The maximum Gasteiger partial charge on any atom is 0.227 e. The minimum atomic E-state index is -0.441. The van der Waals surface area contributed by atoms with Crippen molar-refractivity contribution in [1.82, 2.24) is 14.7 Å². The summed E-state index contributed by atoms with van der Waals surface area (Å²) in [5, 5.41) is 0. The summed E-state index contributed by atoms with van der Waals surface area (Å²) >= 11 is 0. The van der Waals surface area contributed by atoms with Crippen LogP contribution < -0.4 is 0 Å². The van der Waals surface area contributed by atoms with Gasteiger partial charge in [0.1, 0.15) is 11.6 Å². The van der Waals surface area contributed by atoms with Crippen molar-refractivity contribution in [3.05, 3.63) is 35.4 Å². The van der Waals surface area contributed by atoms with Crippen LogP contribution in [0.3, 0.4) is 0 Å². The molecule has 1 aliphatic heterocycles. The lowest BCUT2D eigenvalue weighted by atomic mass is 10.1. The number of halogens is 2. The monoisotopic (exact) mass is 311 g/mol. The van der Waals surface area contributed by atoms with Crippen molar-refractivity contribution in [3.8, 4) is 0 Å². The SMILES string of the molecule is CN1CCN(Cc2cc(F)ccc2F)CC(C(=O)N(C)C)C1.